The van der Waals surface area contributed by atoms with Crippen LogP contribution < -0.4 is 5.73 Å². The van der Waals surface area contributed by atoms with Gasteiger partial charge < -0.3 is 10.6 Å². The number of hydrogen-bond acceptors (Lipinski definition) is 2. The zero-order chi connectivity index (χ0) is 14.7. The predicted octanol–water partition coefficient (Wildman–Crippen LogP) is 3.96. The summed E-state index contributed by atoms with van der Waals surface area (Å²) in [5.74, 6) is -0.116. The van der Waals surface area contributed by atoms with Gasteiger partial charge in [0.1, 0.15) is 0 Å². The van der Waals surface area contributed by atoms with Gasteiger partial charge in [0.2, 0.25) is 0 Å². The average molecular weight is 354 g/mol. The van der Waals surface area contributed by atoms with E-state index >= 15 is 0 Å². The molecule has 0 radical (unpaired) electrons. The summed E-state index contributed by atoms with van der Waals surface area (Å²) in [5, 5.41) is 0.461. The molecule has 0 aliphatic rings. The summed E-state index contributed by atoms with van der Waals surface area (Å²) in [4.78, 5) is 14.0. The van der Waals surface area contributed by atoms with E-state index in [0.29, 0.717) is 22.8 Å². The quantitative estimate of drug-likeness (QED) is 0.849. The van der Waals surface area contributed by atoms with Gasteiger partial charge >= 0.3 is 0 Å². The number of benzene rings is 2. The number of nitrogens with zero attached hydrogens (tertiary/aromatic N) is 1. The molecule has 0 bridgehead atoms. The summed E-state index contributed by atoms with van der Waals surface area (Å²) in [7, 11) is 1.75. The maximum absolute atomic E-state index is 12.4. The Morgan fingerprint density at radius 3 is 2.65 bits per heavy atom. The van der Waals surface area contributed by atoms with Crippen LogP contribution in [0.4, 0.5) is 5.69 Å². The van der Waals surface area contributed by atoms with Crippen molar-refractivity contribution >= 4 is 39.1 Å². The molecule has 0 aliphatic heterocycles. The van der Waals surface area contributed by atoms with E-state index in [1.165, 1.54) is 0 Å². The number of hydrogen-bond donors (Lipinski definition) is 1. The second-order valence-electron chi connectivity index (χ2n) is 4.53. The fourth-order valence-corrected chi connectivity index (χ4v) is 2.56. The van der Waals surface area contributed by atoms with Gasteiger partial charge in [-0.25, -0.2) is 0 Å². The third-order valence-electron chi connectivity index (χ3n) is 2.88. The van der Waals surface area contributed by atoms with E-state index in [9.17, 15) is 4.79 Å². The third kappa shape index (κ3) is 3.52. The van der Waals surface area contributed by atoms with Gasteiger partial charge in [-0.2, -0.15) is 0 Å². The lowest BCUT2D eigenvalue weighted by atomic mass is 10.1. The normalized spacial score (nSPS) is 10.3. The van der Waals surface area contributed by atoms with Crippen LogP contribution in [0.15, 0.2) is 46.9 Å². The van der Waals surface area contributed by atoms with E-state index in [2.05, 4.69) is 15.9 Å². The highest BCUT2D eigenvalue weighted by atomic mass is 79.9. The minimum absolute atomic E-state index is 0.116. The number of nitrogens with two attached hydrogens (primary N) is 1. The molecule has 0 saturated heterocycles. The van der Waals surface area contributed by atoms with Crippen molar-refractivity contribution < 1.29 is 4.79 Å². The van der Waals surface area contributed by atoms with Crippen LogP contribution >= 0.6 is 27.5 Å². The standard InChI is InChI=1S/C15H14BrClN2O/c1-19(9-10-4-2-3-5-14(10)16)15(20)11-6-12(17)8-13(18)7-11/h2-8H,9,18H2,1H3. The molecular formula is C15H14BrClN2O. The van der Waals surface area contributed by atoms with Crippen molar-refractivity contribution in [3.8, 4) is 0 Å². The minimum atomic E-state index is -0.116. The van der Waals surface area contributed by atoms with Crippen LogP contribution in [-0.4, -0.2) is 17.9 Å². The number of nitrogen functional groups attached to an aromatic ring is 1. The summed E-state index contributed by atoms with van der Waals surface area (Å²) >= 11 is 9.40. The molecule has 2 aromatic rings. The van der Waals surface area contributed by atoms with Gasteiger partial charge in [-0.3, -0.25) is 4.79 Å². The first-order chi connectivity index (χ1) is 9.47. The molecule has 0 aliphatic carbocycles. The Hall–Kier alpha value is -1.52. The Labute approximate surface area is 131 Å². The molecule has 2 rings (SSSR count). The van der Waals surface area contributed by atoms with E-state index in [-0.39, 0.29) is 5.91 Å². The highest BCUT2D eigenvalue weighted by Crippen LogP contribution is 2.20. The lowest BCUT2D eigenvalue weighted by Crippen LogP contribution is -2.26. The largest absolute Gasteiger partial charge is 0.399 e. The van der Waals surface area contributed by atoms with Crippen molar-refractivity contribution in [2.45, 2.75) is 6.54 Å². The first-order valence-corrected chi connectivity index (χ1v) is 7.19. The highest BCUT2D eigenvalue weighted by Gasteiger charge is 2.14. The van der Waals surface area contributed by atoms with Gasteiger partial charge in [0.05, 0.1) is 0 Å². The lowest BCUT2D eigenvalue weighted by molar-refractivity contribution is 0.0785. The van der Waals surface area contributed by atoms with Crippen LogP contribution in [-0.2, 0) is 6.54 Å². The SMILES string of the molecule is CN(Cc1ccccc1Br)C(=O)c1cc(N)cc(Cl)c1. The molecule has 2 aromatic carbocycles. The highest BCUT2D eigenvalue weighted by molar-refractivity contribution is 9.10. The zero-order valence-electron chi connectivity index (χ0n) is 10.9. The molecule has 104 valence electrons. The number of amides is 1. The fourth-order valence-electron chi connectivity index (χ4n) is 1.91. The van der Waals surface area contributed by atoms with Crippen molar-refractivity contribution in [1.29, 1.82) is 0 Å². The predicted molar refractivity (Wildman–Crippen MR) is 85.8 cm³/mol. The topological polar surface area (TPSA) is 46.3 Å². The third-order valence-corrected chi connectivity index (χ3v) is 3.87. The first-order valence-electron chi connectivity index (χ1n) is 6.02. The lowest BCUT2D eigenvalue weighted by Gasteiger charge is -2.18. The van der Waals surface area contributed by atoms with E-state index in [1.54, 1.807) is 30.1 Å². The van der Waals surface area contributed by atoms with E-state index in [0.717, 1.165) is 10.0 Å². The molecule has 20 heavy (non-hydrogen) atoms. The van der Waals surface area contributed by atoms with Crippen LogP contribution in [0, 0.1) is 0 Å². The molecule has 2 N–H and O–H groups in total. The Morgan fingerprint density at radius 2 is 2.00 bits per heavy atom. The maximum atomic E-state index is 12.4. The van der Waals surface area contributed by atoms with Crippen molar-refractivity contribution in [2.24, 2.45) is 0 Å². The second-order valence-corrected chi connectivity index (χ2v) is 5.82. The Balaban J connectivity index is 2.18. The molecule has 5 heteroatoms. The summed E-state index contributed by atoms with van der Waals surface area (Å²) < 4.78 is 0.977. The van der Waals surface area contributed by atoms with E-state index in [1.807, 2.05) is 24.3 Å². The zero-order valence-corrected chi connectivity index (χ0v) is 13.3. The molecule has 0 unspecified atom stereocenters. The van der Waals surface area contributed by atoms with Gasteiger partial charge in [0.25, 0.3) is 5.91 Å². The molecule has 0 saturated carbocycles. The van der Waals surface area contributed by atoms with Crippen molar-refractivity contribution in [2.75, 3.05) is 12.8 Å². The molecule has 0 atom stereocenters. The van der Waals surface area contributed by atoms with Crippen LogP contribution in [0.25, 0.3) is 0 Å². The summed E-state index contributed by atoms with van der Waals surface area (Å²) in [6, 6.07) is 12.7. The average Bonchev–Trinajstić information content (AvgIpc) is 2.39. The van der Waals surface area contributed by atoms with Gasteiger partial charge in [0.15, 0.2) is 0 Å². The molecule has 0 heterocycles. The van der Waals surface area contributed by atoms with Crippen molar-refractivity contribution in [3.05, 3.63) is 63.1 Å². The number of carbonyl (C=O) groups excluding carboxylic acids is 1. The Morgan fingerprint density at radius 1 is 1.30 bits per heavy atom. The Bertz CT molecular complexity index is 625. The van der Waals surface area contributed by atoms with Gasteiger partial charge in [-0.15, -0.1) is 0 Å². The number of anilines is 1. The van der Waals surface area contributed by atoms with Gasteiger partial charge in [-0.05, 0) is 29.8 Å². The molecule has 1 amide bonds. The number of halogens is 2. The summed E-state index contributed by atoms with van der Waals surface area (Å²) in [6.45, 7) is 0.507. The molecular weight excluding hydrogens is 340 g/mol. The first kappa shape index (κ1) is 14.9. The minimum Gasteiger partial charge on any atom is -0.399 e. The van der Waals surface area contributed by atoms with Gasteiger partial charge in [0, 0.05) is 34.3 Å². The number of rotatable bonds is 3. The summed E-state index contributed by atoms with van der Waals surface area (Å²) in [6.07, 6.45) is 0. The molecule has 0 aromatic heterocycles. The van der Waals surface area contributed by atoms with Crippen molar-refractivity contribution in [3.63, 3.8) is 0 Å². The van der Waals surface area contributed by atoms with Gasteiger partial charge in [-0.1, -0.05) is 45.7 Å². The fraction of sp³-hybridized carbons (Fsp3) is 0.133. The number of carbonyl (C=O) groups is 1. The van der Waals surface area contributed by atoms with Crippen LogP contribution in [0.1, 0.15) is 15.9 Å². The van der Waals surface area contributed by atoms with Crippen LogP contribution in [0.3, 0.4) is 0 Å². The molecule has 3 nitrogen and oxygen atoms in total. The monoisotopic (exact) mass is 352 g/mol. The maximum Gasteiger partial charge on any atom is 0.254 e. The smallest absolute Gasteiger partial charge is 0.254 e. The van der Waals surface area contributed by atoms with Crippen LogP contribution in [0.5, 0.6) is 0 Å². The van der Waals surface area contributed by atoms with Crippen molar-refractivity contribution in [1.82, 2.24) is 4.90 Å². The summed E-state index contributed by atoms with van der Waals surface area (Å²) in [5.41, 5.74) is 7.72. The molecule has 0 fully saturated rings. The van der Waals surface area contributed by atoms with Crippen LogP contribution in [0.2, 0.25) is 5.02 Å². The Kier molecular flexibility index (Phi) is 4.68. The van der Waals surface area contributed by atoms with E-state index in [4.69, 9.17) is 17.3 Å². The second kappa shape index (κ2) is 6.29. The molecule has 0 spiro atoms. The van der Waals surface area contributed by atoms with E-state index < -0.39 is 0 Å².